The number of ether oxygens (including phenoxy) is 1. The predicted octanol–water partition coefficient (Wildman–Crippen LogP) is 2.99. The first kappa shape index (κ1) is 15.3. The maximum absolute atomic E-state index is 10.4. The molecule has 0 aliphatic carbocycles. The van der Waals surface area contributed by atoms with Crippen LogP contribution in [-0.2, 0) is 11.3 Å². The highest BCUT2D eigenvalue weighted by Crippen LogP contribution is 2.19. The SMILES string of the molecule is OC(CN(Cc1ccccc1)CC1CCCO1)c1ccco1. The monoisotopic (exact) mass is 301 g/mol. The van der Waals surface area contributed by atoms with Crippen molar-refractivity contribution in [2.24, 2.45) is 0 Å². The Hall–Kier alpha value is -1.62. The standard InChI is InChI=1S/C18H23NO3/c20-17(18-9-5-11-22-18)14-19(13-16-8-4-10-21-16)12-15-6-2-1-3-7-15/h1-3,5-7,9,11,16-17,20H,4,8,10,12-14H2. The summed E-state index contributed by atoms with van der Waals surface area (Å²) >= 11 is 0. The van der Waals surface area contributed by atoms with Crippen molar-refractivity contribution in [3.05, 3.63) is 60.1 Å². The van der Waals surface area contributed by atoms with Gasteiger partial charge in [0.15, 0.2) is 0 Å². The predicted molar refractivity (Wildman–Crippen MR) is 84.4 cm³/mol. The molecule has 0 spiro atoms. The van der Waals surface area contributed by atoms with Crippen LogP contribution in [0.3, 0.4) is 0 Å². The van der Waals surface area contributed by atoms with Crippen LogP contribution >= 0.6 is 0 Å². The van der Waals surface area contributed by atoms with Crippen LogP contribution in [0.15, 0.2) is 53.1 Å². The summed E-state index contributed by atoms with van der Waals surface area (Å²) in [6.45, 7) is 3.04. The normalized spacial score (nSPS) is 19.6. The third-order valence-electron chi connectivity index (χ3n) is 4.04. The molecule has 0 amide bonds. The molecule has 1 saturated heterocycles. The second kappa shape index (κ2) is 7.58. The number of aliphatic hydroxyl groups excluding tert-OH is 1. The smallest absolute Gasteiger partial charge is 0.133 e. The molecule has 1 aliphatic heterocycles. The lowest BCUT2D eigenvalue weighted by Gasteiger charge is -2.27. The Bertz CT molecular complexity index is 535. The quantitative estimate of drug-likeness (QED) is 0.854. The topological polar surface area (TPSA) is 45.8 Å². The average molecular weight is 301 g/mol. The van der Waals surface area contributed by atoms with Crippen molar-refractivity contribution < 1.29 is 14.3 Å². The van der Waals surface area contributed by atoms with Gasteiger partial charge in [-0.15, -0.1) is 0 Å². The molecule has 1 aliphatic rings. The summed E-state index contributed by atoms with van der Waals surface area (Å²) in [7, 11) is 0. The molecule has 1 aromatic carbocycles. The van der Waals surface area contributed by atoms with Gasteiger partial charge in [-0.3, -0.25) is 4.90 Å². The van der Waals surface area contributed by atoms with E-state index in [0.717, 1.165) is 32.5 Å². The molecule has 1 aromatic heterocycles. The summed E-state index contributed by atoms with van der Waals surface area (Å²) in [5, 5.41) is 10.4. The van der Waals surface area contributed by atoms with Gasteiger partial charge >= 0.3 is 0 Å². The fourth-order valence-corrected chi connectivity index (χ4v) is 2.94. The molecule has 4 nitrogen and oxygen atoms in total. The molecule has 118 valence electrons. The van der Waals surface area contributed by atoms with Gasteiger partial charge in [0.25, 0.3) is 0 Å². The van der Waals surface area contributed by atoms with Crippen LogP contribution in [0.2, 0.25) is 0 Å². The summed E-state index contributed by atoms with van der Waals surface area (Å²) in [5.41, 5.74) is 1.24. The second-order valence-electron chi connectivity index (χ2n) is 5.85. The van der Waals surface area contributed by atoms with Gasteiger partial charge in [0.2, 0.25) is 0 Å². The molecule has 3 rings (SSSR count). The van der Waals surface area contributed by atoms with Gasteiger partial charge in [0.1, 0.15) is 11.9 Å². The van der Waals surface area contributed by atoms with E-state index >= 15 is 0 Å². The summed E-state index contributed by atoms with van der Waals surface area (Å²) in [5.74, 6) is 0.616. The molecule has 2 heterocycles. The van der Waals surface area contributed by atoms with Crippen LogP contribution in [0.4, 0.5) is 0 Å². The molecule has 1 N–H and O–H groups in total. The van der Waals surface area contributed by atoms with Gasteiger partial charge in [-0.1, -0.05) is 30.3 Å². The third kappa shape index (κ3) is 4.19. The first-order valence-electron chi connectivity index (χ1n) is 7.90. The summed E-state index contributed by atoms with van der Waals surface area (Å²) in [6.07, 6.45) is 3.49. The molecule has 2 unspecified atom stereocenters. The average Bonchev–Trinajstić information content (AvgIpc) is 3.21. The van der Waals surface area contributed by atoms with Crippen molar-refractivity contribution in [3.8, 4) is 0 Å². The highest BCUT2D eigenvalue weighted by atomic mass is 16.5. The molecule has 2 aromatic rings. The number of furan rings is 1. The van der Waals surface area contributed by atoms with E-state index in [9.17, 15) is 5.11 Å². The first-order valence-corrected chi connectivity index (χ1v) is 7.90. The highest BCUT2D eigenvalue weighted by molar-refractivity contribution is 5.14. The van der Waals surface area contributed by atoms with Crippen molar-refractivity contribution in [3.63, 3.8) is 0 Å². The van der Waals surface area contributed by atoms with Gasteiger partial charge in [0.05, 0.1) is 12.4 Å². The van der Waals surface area contributed by atoms with E-state index in [1.807, 2.05) is 24.3 Å². The van der Waals surface area contributed by atoms with E-state index in [-0.39, 0.29) is 6.10 Å². The molecular weight excluding hydrogens is 278 g/mol. The molecule has 2 atom stereocenters. The van der Waals surface area contributed by atoms with E-state index in [1.165, 1.54) is 5.56 Å². The lowest BCUT2D eigenvalue weighted by Crippen LogP contribution is -2.35. The minimum absolute atomic E-state index is 0.271. The van der Waals surface area contributed by atoms with Crippen molar-refractivity contribution in [1.29, 1.82) is 0 Å². The van der Waals surface area contributed by atoms with Crippen LogP contribution in [-0.4, -0.2) is 35.8 Å². The van der Waals surface area contributed by atoms with Gasteiger partial charge < -0.3 is 14.3 Å². The van der Waals surface area contributed by atoms with E-state index in [4.69, 9.17) is 9.15 Å². The molecule has 0 saturated carbocycles. The minimum Gasteiger partial charge on any atom is -0.467 e. The lowest BCUT2D eigenvalue weighted by molar-refractivity contribution is 0.0403. The Morgan fingerprint density at radius 1 is 1.18 bits per heavy atom. The zero-order valence-corrected chi connectivity index (χ0v) is 12.7. The largest absolute Gasteiger partial charge is 0.467 e. The van der Waals surface area contributed by atoms with Crippen LogP contribution in [0.5, 0.6) is 0 Å². The van der Waals surface area contributed by atoms with E-state index < -0.39 is 6.10 Å². The highest BCUT2D eigenvalue weighted by Gasteiger charge is 2.22. The van der Waals surface area contributed by atoms with Crippen LogP contribution in [0, 0.1) is 0 Å². The van der Waals surface area contributed by atoms with Crippen LogP contribution < -0.4 is 0 Å². The van der Waals surface area contributed by atoms with Crippen molar-refractivity contribution >= 4 is 0 Å². The van der Waals surface area contributed by atoms with Gasteiger partial charge in [0, 0.05) is 26.2 Å². The van der Waals surface area contributed by atoms with E-state index in [2.05, 4.69) is 17.0 Å². The fraction of sp³-hybridized carbons (Fsp3) is 0.444. The maximum Gasteiger partial charge on any atom is 0.133 e. The molecule has 0 radical (unpaired) electrons. The molecule has 22 heavy (non-hydrogen) atoms. The Morgan fingerprint density at radius 3 is 2.73 bits per heavy atom. The number of benzene rings is 1. The zero-order valence-electron chi connectivity index (χ0n) is 12.7. The Morgan fingerprint density at radius 2 is 2.05 bits per heavy atom. The third-order valence-corrected chi connectivity index (χ3v) is 4.04. The molecule has 4 heteroatoms. The Kier molecular flexibility index (Phi) is 5.27. The maximum atomic E-state index is 10.4. The Balaban J connectivity index is 1.64. The second-order valence-corrected chi connectivity index (χ2v) is 5.85. The number of rotatable bonds is 7. The minimum atomic E-state index is -0.611. The summed E-state index contributed by atoms with van der Waals surface area (Å²) in [4.78, 5) is 2.25. The number of hydrogen-bond acceptors (Lipinski definition) is 4. The van der Waals surface area contributed by atoms with Crippen molar-refractivity contribution in [2.75, 3.05) is 19.7 Å². The lowest BCUT2D eigenvalue weighted by atomic mass is 10.1. The summed E-state index contributed by atoms with van der Waals surface area (Å²) < 4.78 is 11.1. The van der Waals surface area contributed by atoms with Crippen molar-refractivity contribution in [1.82, 2.24) is 4.90 Å². The van der Waals surface area contributed by atoms with Gasteiger partial charge in [-0.25, -0.2) is 0 Å². The fourth-order valence-electron chi connectivity index (χ4n) is 2.94. The number of nitrogens with zero attached hydrogens (tertiary/aromatic N) is 1. The molecular formula is C18H23NO3. The van der Waals surface area contributed by atoms with Gasteiger partial charge in [-0.2, -0.15) is 0 Å². The van der Waals surface area contributed by atoms with Crippen LogP contribution in [0.1, 0.15) is 30.3 Å². The van der Waals surface area contributed by atoms with Crippen molar-refractivity contribution in [2.45, 2.75) is 31.6 Å². The van der Waals surface area contributed by atoms with Crippen LogP contribution in [0.25, 0.3) is 0 Å². The van der Waals surface area contributed by atoms with E-state index in [1.54, 1.807) is 12.3 Å². The zero-order chi connectivity index (χ0) is 15.2. The molecule has 1 fully saturated rings. The van der Waals surface area contributed by atoms with E-state index in [0.29, 0.717) is 12.3 Å². The summed E-state index contributed by atoms with van der Waals surface area (Å²) in [6, 6.07) is 14.0. The number of aliphatic hydroxyl groups is 1. The number of hydrogen-bond donors (Lipinski definition) is 1. The first-order chi connectivity index (χ1) is 10.8. The molecule has 0 bridgehead atoms. The van der Waals surface area contributed by atoms with Gasteiger partial charge in [-0.05, 0) is 30.5 Å². The Labute approximate surface area is 131 Å².